The predicted octanol–water partition coefficient (Wildman–Crippen LogP) is 4.15. The Hall–Kier alpha value is -4.11. The molecule has 1 aromatic heterocycles. The van der Waals surface area contributed by atoms with Crippen LogP contribution in [0, 0.1) is 0 Å². The van der Waals surface area contributed by atoms with Gasteiger partial charge in [0.2, 0.25) is 5.91 Å². The Bertz CT molecular complexity index is 1310. The molecular formula is C26H25N5O3S. The molecule has 0 bridgehead atoms. The maximum absolute atomic E-state index is 12.7. The van der Waals surface area contributed by atoms with Crippen LogP contribution in [-0.2, 0) is 18.4 Å². The lowest BCUT2D eigenvalue weighted by atomic mass is 10.1. The number of amides is 2. The molecule has 0 saturated carbocycles. The van der Waals surface area contributed by atoms with E-state index >= 15 is 0 Å². The van der Waals surface area contributed by atoms with E-state index in [0.717, 1.165) is 16.9 Å². The first-order valence-electron chi connectivity index (χ1n) is 10.9. The van der Waals surface area contributed by atoms with Crippen LogP contribution in [0.1, 0.15) is 15.9 Å². The highest BCUT2D eigenvalue weighted by Gasteiger charge is 2.16. The van der Waals surface area contributed by atoms with Crippen LogP contribution in [-0.4, -0.2) is 39.4 Å². The molecule has 3 aromatic carbocycles. The van der Waals surface area contributed by atoms with Crippen LogP contribution >= 0.6 is 11.8 Å². The zero-order valence-corrected chi connectivity index (χ0v) is 20.2. The number of hydrogen-bond acceptors (Lipinski definition) is 6. The molecule has 0 unspecified atom stereocenters. The average Bonchev–Trinajstić information content (AvgIpc) is 3.27. The summed E-state index contributed by atoms with van der Waals surface area (Å²) in [5.74, 6) is 1.07. The summed E-state index contributed by atoms with van der Waals surface area (Å²) >= 11 is 1.27. The molecule has 4 aromatic rings. The first kappa shape index (κ1) is 24.0. The van der Waals surface area contributed by atoms with Gasteiger partial charge in [0.15, 0.2) is 11.0 Å². The number of nitrogens with one attached hydrogen (secondary N) is 2. The summed E-state index contributed by atoms with van der Waals surface area (Å²) in [6.07, 6.45) is 0. The number of carbonyl (C=O) groups is 2. The van der Waals surface area contributed by atoms with Gasteiger partial charge in [-0.25, -0.2) is 0 Å². The number of carbonyl (C=O) groups excluding carboxylic acids is 2. The lowest BCUT2D eigenvalue weighted by Crippen LogP contribution is -2.25. The summed E-state index contributed by atoms with van der Waals surface area (Å²) in [6.45, 7) is 0.403. The van der Waals surface area contributed by atoms with Gasteiger partial charge in [-0.1, -0.05) is 54.2 Å². The molecule has 0 atom stereocenters. The van der Waals surface area contributed by atoms with Crippen LogP contribution in [0.15, 0.2) is 84.0 Å². The number of anilines is 1. The van der Waals surface area contributed by atoms with E-state index in [1.54, 1.807) is 31.4 Å². The number of nitrogens with zero attached hydrogens (tertiary/aromatic N) is 3. The van der Waals surface area contributed by atoms with Crippen LogP contribution in [0.3, 0.4) is 0 Å². The smallest absolute Gasteiger partial charge is 0.253 e. The Morgan fingerprint density at radius 2 is 1.66 bits per heavy atom. The van der Waals surface area contributed by atoms with Gasteiger partial charge in [0.1, 0.15) is 5.75 Å². The topological polar surface area (TPSA) is 98.1 Å². The number of rotatable bonds is 9. The Morgan fingerprint density at radius 3 is 2.40 bits per heavy atom. The van der Waals surface area contributed by atoms with Crippen molar-refractivity contribution in [3.8, 4) is 17.1 Å². The van der Waals surface area contributed by atoms with E-state index in [0.29, 0.717) is 28.8 Å². The number of aromatic nitrogens is 3. The van der Waals surface area contributed by atoms with Crippen LogP contribution < -0.4 is 15.4 Å². The van der Waals surface area contributed by atoms with E-state index in [1.807, 2.05) is 66.2 Å². The fourth-order valence-electron chi connectivity index (χ4n) is 3.41. The normalized spacial score (nSPS) is 10.6. The SMILES string of the molecule is COc1ccc(-c2nnc(SCC(=O)Nc3ccccc3C(=O)NCc3ccccc3)n2C)cc1. The number of benzene rings is 3. The first-order chi connectivity index (χ1) is 17.0. The zero-order chi connectivity index (χ0) is 24.6. The molecule has 8 nitrogen and oxygen atoms in total. The Kier molecular flexibility index (Phi) is 7.79. The highest BCUT2D eigenvalue weighted by Crippen LogP contribution is 2.25. The molecule has 35 heavy (non-hydrogen) atoms. The highest BCUT2D eigenvalue weighted by molar-refractivity contribution is 7.99. The van der Waals surface area contributed by atoms with E-state index in [1.165, 1.54) is 11.8 Å². The van der Waals surface area contributed by atoms with Gasteiger partial charge in [0, 0.05) is 19.2 Å². The number of thioether (sulfide) groups is 1. The predicted molar refractivity (Wildman–Crippen MR) is 136 cm³/mol. The molecule has 0 aliphatic carbocycles. The lowest BCUT2D eigenvalue weighted by molar-refractivity contribution is -0.113. The molecule has 0 radical (unpaired) electrons. The van der Waals surface area contributed by atoms with Crippen LogP contribution in [0.25, 0.3) is 11.4 Å². The second kappa shape index (κ2) is 11.3. The molecule has 2 N–H and O–H groups in total. The molecule has 2 amide bonds. The molecule has 0 aliphatic heterocycles. The van der Waals surface area contributed by atoms with Crippen molar-refractivity contribution < 1.29 is 14.3 Å². The van der Waals surface area contributed by atoms with Gasteiger partial charge < -0.3 is 19.9 Å². The van der Waals surface area contributed by atoms with Gasteiger partial charge in [-0.15, -0.1) is 10.2 Å². The minimum Gasteiger partial charge on any atom is -0.497 e. The molecule has 178 valence electrons. The quantitative estimate of drug-likeness (QED) is 0.344. The van der Waals surface area contributed by atoms with Gasteiger partial charge in [-0.2, -0.15) is 0 Å². The molecule has 9 heteroatoms. The number of methoxy groups -OCH3 is 1. The standard InChI is InChI=1S/C26H25N5O3S/c1-31-24(19-12-14-20(34-2)15-13-19)29-30-26(31)35-17-23(32)28-22-11-7-6-10-21(22)25(33)27-16-18-8-4-3-5-9-18/h3-15H,16-17H2,1-2H3,(H,27,33)(H,28,32). The first-order valence-corrected chi connectivity index (χ1v) is 11.9. The van der Waals surface area contributed by atoms with E-state index in [-0.39, 0.29) is 17.6 Å². The third-order valence-electron chi connectivity index (χ3n) is 5.26. The van der Waals surface area contributed by atoms with Crippen molar-refractivity contribution in [1.29, 1.82) is 0 Å². The lowest BCUT2D eigenvalue weighted by Gasteiger charge is -2.11. The third kappa shape index (κ3) is 6.07. The minimum absolute atomic E-state index is 0.120. The van der Waals surface area contributed by atoms with Crippen LogP contribution in [0.4, 0.5) is 5.69 Å². The van der Waals surface area contributed by atoms with Crippen molar-refractivity contribution in [3.05, 3.63) is 90.0 Å². The molecule has 0 saturated heterocycles. The average molecular weight is 488 g/mol. The second-order valence-corrected chi connectivity index (χ2v) is 8.59. The van der Waals surface area contributed by atoms with E-state index in [9.17, 15) is 9.59 Å². The van der Waals surface area contributed by atoms with Gasteiger partial charge in [0.05, 0.1) is 24.1 Å². The van der Waals surface area contributed by atoms with Crippen molar-refractivity contribution in [2.24, 2.45) is 7.05 Å². The number of ether oxygens (including phenoxy) is 1. The van der Waals surface area contributed by atoms with Crippen molar-refractivity contribution in [2.45, 2.75) is 11.7 Å². The Balaban J connectivity index is 1.36. The number of hydrogen-bond donors (Lipinski definition) is 2. The van der Waals surface area contributed by atoms with Gasteiger partial charge >= 0.3 is 0 Å². The van der Waals surface area contributed by atoms with Gasteiger partial charge in [0.25, 0.3) is 5.91 Å². The minimum atomic E-state index is -0.255. The van der Waals surface area contributed by atoms with Crippen molar-refractivity contribution >= 4 is 29.3 Å². The largest absolute Gasteiger partial charge is 0.497 e. The molecule has 1 heterocycles. The number of para-hydroxylation sites is 1. The second-order valence-electron chi connectivity index (χ2n) is 7.64. The zero-order valence-electron chi connectivity index (χ0n) is 19.4. The maximum Gasteiger partial charge on any atom is 0.253 e. The maximum atomic E-state index is 12.7. The van der Waals surface area contributed by atoms with Crippen LogP contribution in [0.2, 0.25) is 0 Å². The Morgan fingerprint density at radius 1 is 0.943 bits per heavy atom. The fourth-order valence-corrected chi connectivity index (χ4v) is 4.12. The molecular weight excluding hydrogens is 462 g/mol. The summed E-state index contributed by atoms with van der Waals surface area (Å²) in [5.41, 5.74) is 2.76. The van der Waals surface area contributed by atoms with Gasteiger partial charge in [-0.3, -0.25) is 9.59 Å². The molecule has 4 rings (SSSR count). The van der Waals surface area contributed by atoms with Crippen molar-refractivity contribution in [2.75, 3.05) is 18.2 Å². The summed E-state index contributed by atoms with van der Waals surface area (Å²) in [4.78, 5) is 25.4. The van der Waals surface area contributed by atoms with Crippen LogP contribution in [0.5, 0.6) is 5.75 Å². The summed E-state index contributed by atoms with van der Waals surface area (Å²) in [6, 6.07) is 24.1. The van der Waals surface area contributed by atoms with E-state index in [2.05, 4.69) is 20.8 Å². The summed E-state index contributed by atoms with van der Waals surface area (Å²) in [5, 5.41) is 14.8. The Labute approximate surface area is 207 Å². The summed E-state index contributed by atoms with van der Waals surface area (Å²) in [7, 11) is 3.47. The van der Waals surface area contributed by atoms with E-state index < -0.39 is 0 Å². The monoisotopic (exact) mass is 487 g/mol. The fraction of sp³-hybridized carbons (Fsp3) is 0.154. The molecule has 0 fully saturated rings. The molecule has 0 aliphatic rings. The van der Waals surface area contributed by atoms with Crippen molar-refractivity contribution in [3.63, 3.8) is 0 Å². The van der Waals surface area contributed by atoms with Gasteiger partial charge in [-0.05, 0) is 42.0 Å². The molecule has 0 spiro atoms. The summed E-state index contributed by atoms with van der Waals surface area (Å²) < 4.78 is 7.03. The van der Waals surface area contributed by atoms with E-state index in [4.69, 9.17) is 4.74 Å². The highest BCUT2D eigenvalue weighted by atomic mass is 32.2. The third-order valence-corrected chi connectivity index (χ3v) is 6.28. The van der Waals surface area contributed by atoms with Crippen molar-refractivity contribution in [1.82, 2.24) is 20.1 Å².